The summed E-state index contributed by atoms with van der Waals surface area (Å²) in [7, 11) is 0. The summed E-state index contributed by atoms with van der Waals surface area (Å²) < 4.78 is 0. The molecule has 0 aromatic heterocycles. The molecule has 1 aliphatic heterocycles. The molecule has 3 heteroatoms. The molecule has 1 saturated heterocycles. The van der Waals surface area contributed by atoms with Crippen molar-refractivity contribution in [2.75, 3.05) is 25.4 Å². The van der Waals surface area contributed by atoms with Gasteiger partial charge in [0.05, 0.1) is 5.60 Å². The van der Waals surface area contributed by atoms with Gasteiger partial charge in [-0.05, 0) is 56.7 Å². The fourth-order valence-corrected chi connectivity index (χ4v) is 2.91. The molecular formula is C12H23NOS. The highest BCUT2D eigenvalue weighted by Gasteiger charge is 2.42. The molecule has 2 rings (SSSR count). The van der Waals surface area contributed by atoms with E-state index in [-0.39, 0.29) is 0 Å². The van der Waals surface area contributed by atoms with Crippen LogP contribution in [0.15, 0.2) is 0 Å². The van der Waals surface area contributed by atoms with Crippen LogP contribution in [0, 0.1) is 5.41 Å². The number of likely N-dealkylation sites (tertiary alicyclic amines) is 1. The molecule has 2 aliphatic rings. The summed E-state index contributed by atoms with van der Waals surface area (Å²) in [5.41, 5.74) is 0.103. The molecule has 0 aromatic rings. The summed E-state index contributed by atoms with van der Waals surface area (Å²) in [4.78, 5) is 2.53. The van der Waals surface area contributed by atoms with Crippen LogP contribution in [0.25, 0.3) is 0 Å². The summed E-state index contributed by atoms with van der Waals surface area (Å²) >= 11 is 4.45. The molecule has 1 saturated carbocycles. The maximum absolute atomic E-state index is 10.0. The van der Waals surface area contributed by atoms with Crippen molar-refractivity contribution in [3.05, 3.63) is 0 Å². The molecule has 1 N–H and O–H groups in total. The van der Waals surface area contributed by atoms with E-state index in [1.165, 1.54) is 19.4 Å². The van der Waals surface area contributed by atoms with Crippen LogP contribution in [0.2, 0.25) is 0 Å². The second-order valence-electron chi connectivity index (χ2n) is 5.78. The number of rotatable bonds is 3. The van der Waals surface area contributed by atoms with Gasteiger partial charge >= 0.3 is 0 Å². The molecule has 1 atom stereocenters. The SMILES string of the molecule is CC1(O)CCCN(CC2(CS)CC2)CC1. The average Bonchev–Trinajstić information content (AvgIpc) is 2.95. The Labute approximate surface area is 98.5 Å². The smallest absolute Gasteiger partial charge is 0.0632 e. The molecule has 0 amide bonds. The van der Waals surface area contributed by atoms with Crippen LogP contribution in [-0.4, -0.2) is 41.0 Å². The Morgan fingerprint density at radius 2 is 1.93 bits per heavy atom. The fraction of sp³-hybridized carbons (Fsp3) is 1.00. The quantitative estimate of drug-likeness (QED) is 0.723. The molecule has 88 valence electrons. The Hall–Kier alpha value is 0.270. The summed E-state index contributed by atoms with van der Waals surface area (Å²) in [6, 6.07) is 0. The number of nitrogens with zero attached hydrogens (tertiary/aromatic N) is 1. The zero-order valence-electron chi connectivity index (χ0n) is 9.71. The molecule has 0 radical (unpaired) electrons. The minimum absolute atomic E-state index is 0.424. The van der Waals surface area contributed by atoms with Gasteiger partial charge in [0.1, 0.15) is 0 Å². The van der Waals surface area contributed by atoms with E-state index in [0.717, 1.165) is 38.1 Å². The maximum atomic E-state index is 10.0. The molecule has 2 fully saturated rings. The van der Waals surface area contributed by atoms with Gasteiger partial charge < -0.3 is 10.0 Å². The van der Waals surface area contributed by atoms with Gasteiger partial charge in [-0.15, -0.1) is 0 Å². The first-order valence-corrected chi connectivity index (χ1v) is 6.74. The van der Waals surface area contributed by atoms with Gasteiger partial charge in [0, 0.05) is 13.1 Å². The van der Waals surface area contributed by atoms with E-state index in [1.54, 1.807) is 0 Å². The van der Waals surface area contributed by atoms with Crippen LogP contribution < -0.4 is 0 Å². The largest absolute Gasteiger partial charge is 0.390 e. The van der Waals surface area contributed by atoms with Gasteiger partial charge in [0.25, 0.3) is 0 Å². The van der Waals surface area contributed by atoms with E-state index in [1.807, 2.05) is 6.92 Å². The topological polar surface area (TPSA) is 23.5 Å². The van der Waals surface area contributed by atoms with Crippen molar-refractivity contribution >= 4 is 12.6 Å². The van der Waals surface area contributed by atoms with E-state index >= 15 is 0 Å². The monoisotopic (exact) mass is 229 g/mol. The van der Waals surface area contributed by atoms with Crippen molar-refractivity contribution in [3.8, 4) is 0 Å². The second-order valence-corrected chi connectivity index (χ2v) is 6.10. The third-order valence-electron chi connectivity index (χ3n) is 4.01. The van der Waals surface area contributed by atoms with Crippen LogP contribution in [0.3, 0.4) is 0 Å². The highest BCUT2D eigenvalue weighted by atomic mass is 32.1. The van der Waals surface area contributed by atoms with E-state index in [2.05, 4.69) is 17.5 Å². The van der Waals surface area contributed by atoms with Crippen LogP contribution in [0.4, 0.5) is 0 Å². The third kappa shape index (κ3) is 3.11. The lowest BCUT2D eigenvalue weighted by atomic mass is 9.98. The van der Waals surface area contributed by atoms with Crippen molar-refractivity contribution < 1.29 is 5.11 Å². The van der Waals surface area contributed by atoms with Gasteiger partial charge in [0.15, 0.2) is 0 Å². The summed E-state index contributed by atoms with van der Waals surface area (Å²) in [6.45, 7) is 5.39. The van der Waals surface area contributed by atoms with Crippen LogP contribution in [0.1, 0.15) is 39.0 Å². The predicted molar refractivity (Wildman–Crippen MR) is 66.4 cm³/mol. The third-order valence-corrected chi connectivity index (χ3v) is 4.68. The number of aliphatic hydroxyl groups is 1. The second kappa shape index (κ2) is 4.27. The number of hydrogen-bond donors (Lipinski definition) is 2. The Kier molecular flexibility index (Phi) is 3.34. The first-order chi connectivity index (χ1) is 7.05. The Balaban J connectivity index is 1.84. The van der Waals surface area contributed by atoms with Gasteiger partial charge in [-0.3, -0.25) is 0 Å². The van der Waals surface area contributed by atoms with E-state index in [0.29, 0.717) is 5.41 Å². The van der Waals surface area contributed by atoms with Crippen molar-refractivity contribution in [2.45, 2.75) is 44.6 Å². The minimum atomic E-state index is -0.424. The summed E-state index contributed by atoms with van der Waals surface area (Å²) in [6.07, 6.45) is 5.72. The highest BCUT2D eigenvalue weighted by molar-refractivity contribution is 7.80. The summed E-state index contributed by atoms with van der Waals surface area (Å²) in [5, 5.41) is 10.0. The molecule has 2 nitrogen and oxygen atoms in total. The first-order valence-electron chi connectivity index (χ1n) is 6.11. The molecule has 15 heavy (non-hydrogen) atoms. The maximum Gasteiger partial charge on any atom is 0.0632 e. The van der Waals surface area contributed by atoms with Crippen LogP contribution in [-0.2, 0) is 0 Å². The molecule has 1 heterocycles. The summed E-state index contributed by atoms with van der Waals surface area (Å²) in [5.74, 6) is 1.03. The Morgan fingerprint density at radius 1 is 1.20 bits per heavy atom. The molecule has 0 aromatic carbocycles. The van der Waals surface area contributed by atoms with Gasteiger partial charge in [-0.2, -0.15) is 12.6 Å². The first kappa shape index (κ1) is 11.7. The normalized spacial score (nSPS) is 36.2. The molecule has 1 unspecified atom stereocenters. The van der Waals surface area contributed by atoms with Crippen molar-refractivity contribution in [1.29, 1.82) is 0 Å². The number of hydrogen-bond acceptors (Lipinski definition) is 3. The zero-order valence-corrected chi connectivity index (χ0v) is 10.6. The molecule has 0 spiro atoms. The van der Waals surface area contributed by atoms with Crippen molar-refractivity contribution in [3.63, 3.8) is 0 Å². The highest BCUT2D eigenvalue weighted by Crippen LogP contribution is 2.47. The molecule has 0 bridgehead atoms. The van der Waals surface area contributed by atoms with Gasteiger partial charge in [0.2, 0.25) is 0 Å². The van der Waals surface area contributed by atoms with Gasteiger partial charge in [-0.1, -0.05) is 0 Å². The minimum Gasteiger partial charge on any atom is -0.390 e. The Morgan fingerprint density at radius 3 is 2.53 bits per heavy atom. The lowest BCUT2D eigenvalue weighted by Crippen LogP contribution is -2.33. The lowest BCUT2D eigenvalue weighted by Gasteiger charge is -2.26. The van der Waals surface area contributed by atoms with E-state index in [9.17, 15) is 5.11 Å². The van der Waals surface area contributed by atoms with Crippen LogP contribution >= 0.6 is 12.6 Å². The van der Waals surface area contributed by atoms with Gasteiger partial charge in [-0.25, -0.2) is 0 Å². The van der Waals surface area contributed by atoms with Crippen molar-refractivity contribution in [1.82, 2.24) is 4.90 Å². The van der Waals surface area contributed by atoms with E-state index in [4.69, 9.17) is 0 Å². The standard InChI is InChI=1S/C12H23NOS/c1-11(14)3-2-7-13(8-6-11)9-12(10-15)4-5-12/h14-15H,2-10H2,1H3. The van der Waals surface area contributed by atoms with E-state index < -0.39 is 5.60 Å². The van der Waals surface area contributed by atoms with Crippen LogP contribution in [0.5, 0.6) is 0 Å². The average molecular weight is 229 g/mol. The predicted octanol–water partition coefficient (Wildman–Crippen LogP) is 1.93. The Bertz CT molecular complexity index is 226. The zero-order chi connectivity index (χ0) is 10.9. The lowest BCUT2D eigenvalue weighted by molar-refractivity contribution is 0.0441. The molecule has 1 aliphatic carbocycles. The molecular weight excluding hydrogens is 206 g/mol. The number of thiol groups is 1. The van der Waals surface area contributed by atoms with Crippen molar-refractivity contribution in [2.24, 2.45) is 5.41 Å². The fourth-order valence-electron chi connectivity index (χ4n) is 2.49.